The zero-order chi connectivity index (χ0) is 17.9. The molecule has 24 heavy (non-hydrogen) atoms. The van der Waals surface area contributed by atoms with Gasteiger partial charge in [0, 0.05) is 53.5 Å². The van der Waals surface area contributed by atoms with Crippen LogP contribution in [0.15, 0.2) is 0 Å². The summed E-state index contributed by atoms with van der Waals surface area (Å²) in [6.45, 7) is 8.28. The fraction of sp³-hybridized carbons (Fsp3) is 1.00. The number of hydrogen-bond donors (Lipinski definition) is 2. The highest BCUT2D eigenvalue weighted by Crippen LogP contribution is 1.91. The molecule has 0 aromatic rings. The summed E-state index contributed by atoms with van der Waals surface area (Å²) in [6.07, 6.45) is 0. The Labute approximate surface area is 146 Å². The summed E-state index contributed by atoms with van der Waals surface area (Å²) >= 11 is 0. The second-order valence-corrected chi connectivity index (χ2v) is 5.34. The van der Waals surface area contributed by atoms with Gasteiger partial charge in [0.25, 0.3) is 0 Å². The Balaban J connectivity index is 3.53. The van der Waals surface area contributed by atoms with E-state index in [1.54, 1.807) is 14.2 Å². The second kappa shape index (κ2) is 19.0. The number of aliphatic hydroxyl groups excluding tert-OH is 2. The Hall–Kier alpha value is -0.320. The van der Waals surface area contributed by atoms with E-state index in [4.69, 9.17) is 29.2 Å². The lowest BCUT2D eigenvalue weighted by atomic mass is 10.4. The van der Waals surface area contributed by atoms with Gasteiger partial charge in [-0.1, -0.05) is 0 Å². The van der Waals surface area contributed by atoms with Gasteiger partial charge in [-0.2, -0.15) is 0 Å². The average Bonchev–Trinajstić information content (AvgIpc) is 2.59. The molecule has 8 heteroatoms. The summed E-state index contributed by atoms with van der Waals surface area (Å²) in [5.41, 5.74) is 0. The van der Waals surface area contributed by atoms with Crippen molar-refractivity contribution in [2.75, 3.05) is 106 Å². The van der Waals surface area contributed by atoms with Crippen molar-refractivity contribution in [3.8, 4) is 0 Å². The van der Waals surface area contributed by atoms with Crippen molar-refractivity contribution in [2.24, 2.45) is 0 Å². The minimum atomic E-state index is 0.139. The van der Waals surface area contributed by atoms with Crippen LogP contribution >= 0.6 is 0 Å². The third-order valence-electron chi connectivity index (χ3n) is 3.53. The minimum Gasteiger partial charge on any atom is -0.395 e. The molecule has 2 N–H and O–H groups in total. The quantitative estimate of drug-likeness (QED) is 0.284. The Morgan fingerprint density at radius 1 is 0.542 bits per heavy atom. The van der Waals surface area contributed by atoms with Gasteiger partial charge >= 0.3 is 0 Å². The van der Waals surface area contributed by atoms with Crippen molar-refractivity contribution >= 4 is 0 Å². The maximum Gasteiger partial charge on any atom is 0.0701 e. The molecule has 0 bridgehead atoms. The molecule has 0 aliphatic rings. The van der Waals surface area contributed by atoms with Crippen molar-refractivity contribution < 1.29 is 29.2 Å². The van der Waals surface area contributed by atoms with E-state index < -0.39 is 0 Å². The molecular formula is C16H36N2O6. The van der Waals surface area contributed by atoms with Gasteiger partial charge in [0.05, 0.1) is 52.9 Å². The van der Waals surface area contributed by atoms with E-state index in [1.165, 1.54) is 0 Å². The van der Waals surface area contributed by atoms with E-state index in [9.17, 15) is 0 Å². The molecule has 0 radical (unpaired) electrons. The molecule has 0 saturated carbocycles. The largest absolute Gasteiger partial charge is 0.395 e. The van der Waals surface area contributed by atoms with Crippen LogP contribution in [-0.2, 0) is 18.9 Å². The van der Waals surface area contributed by atoms with Crippen LogP contribution in [0.3, 0.4) is 0 Å². The molecule has 0 amide bonds. The first-order chi connectivity index (χ1) is 11.8. The van der Waals surface area contributed by atoms with E-state index in [0.717, 1.165) is 26.2 Å². The SMILES string of the molecule is COCCN(CCO)CCOCCOCCN(CCO)CCOC. The summed E-state index contributed by atoms with van der Waals surface area (Å²) in [5, 5.41) is 18.0. The highest BCUT2D eigenvalue weighted by Gasteiger charge is 2.05. The summed E-state index contributed by atoms with van der Waals surface area (Å²) in [4.78, 5) is 4.21. The third kappa shape index (κ3) is 15.2. The van der Waals surface area contributed by atoms with Crippen molar-refractivity contribution in [2.45, 2.75) is 0 Å². The van der Waals surface area contributed by atoms with Gasteiger partial charge < -0.3 is 29.2 Å². The van der Waals surface area contributed by atoms with Crippen molar-refractivity contribution in [1.82, 2.24) is 9.80 Å². The Morgan fingerprint density at radius 2 is 0.917 bits per heavy atom. The van der Waals surface area contributed by atoms with Crippen LogP contribution in [-0.4, -0.2) is 126 Å². The normalized spacial score (nSPS) is 11.8. The Bertz CT molecular complexity index is 225. The van der Waals surface area contributed by atoms with Gasteiger partial charge in [0.2, 0.25) is 0 Å². The number of nitrogens with zero attached hydrogens (tertiary/aromatic N) is 2. The summed E-state index contributed by atoms with van der Waals surface area (Å²) in [6, 6.07) is 0. The van der Waals surface area contributed by atoms with E-state index in [2.05, 4.69) is 9.80 Å². The fourth-order valence-electron chi connectivity index (χ4n) is 2.10. The van der Waals surface area contributed by atoms with Crippen LogP contribution in [0.2, 0.25) is 0 Å². The van der Waals surface area contributed by atoms with Crippen molar-refractivity contribution in [1.29, 1.82) is 0 Å². The van der Waals surface area contributed by atoms with E-state index >= 15 is 0 Å². The van der Waals surface area contributed by atoms with Crippen molar-refractivity contribution in [3.63, 3.8) is 0 Å². The smallest absolute Gasteiger partial charge is 0.0701 e. The predicted octanol–water partition coefficient (Wildman–Crippen LogP) is -1.10. The van der Waals surface area contributed by atoms with E-state index in [0.29, 0.717) is 52.7 Å². The second-order valence-electron chi connectivity index (χ2n) is 5.34. The van der Waals surface area contributed by atoms with Gasteiger partial charge in [0.1, 0.15) is 0 Å². The van der Waals surface area contributed by atoms with Gasteiger partial charge in [-0.3, -0.25) is 9.80 Å². The average molecular weight is 352 g/mol. The molecule has 0 rings (SSSR count). The monoisotopic (exact) mass is 352 g/mol. The number of methoxy groups -OCH3 is 2. The van der Waals surface area contributed by atoms with E-state index in [1.807, 2.05) is 0 Å². The van der Waals surface area contributed by atoms with E-state index in [-0.39, 0.29) is 13.2 Å². The highest BCUT2D eigenvalue weighted by molar-refractivity contribution is 4.57. The van der Waals surface area contributed by atoms with Crippen LogP contribution in [0, 0.1) is 0 Å². The summed E-state index contributed by atoms with van der Waals surface area (Å²) < 4.78 is 21.2. The maximum atomic E-state index is 9.00. The lowest BCUT2D eigenvalue weighted by molar-refractivity contribution is 0.0238. The molecule has 0 unspecified atom stereocenters. The fourth-order valence-corrected chi connectivity index (χ4v) is 2.10. The standard InChI is InChI=1S/C16H36N2O6/c1-21-11-5-17(3-9-19)7-13-23-15-16-24-14-8-18(4-10-20)6-12-22-2/h19-20H,3-16H2,1-2H3. The van der Waals surface area contributed by atoms with Crippen LogP contribution in [0.1, 0.15) is 0 Å². The molecule has 146 valence electrons. The van der Waals surface area contributed by atoms with Gasteiger partial charge in [-0.05, 0) is 0 Å². The number of hydrogen-bond acceptors (Lipinski definition) is 8. The molecule has 0 aliphatic carbocycles. The molecular weight excluding hydrogens is 316 g/mol. The Kier molecular flexibility index (Phi) is 18.8. The molecule has 8 nitrogen and oxygen atoms in total. The number of ether oxygens (including phenoxy) is 4. The lowest BCUT2D eigenvalue weighted by Gasteiger charge is -2.21. The van der Waals surface area contributed by atoms with Crippen LogP contribution in [0.5, 0.6) is 0 Å². The number of aliphatic hydroxyl groups is 2. The van der Waals surface area contributed by atoms with Crippen LogP contribution < -0.4 is 0 Å². The topological polar surface area (TPSA) is 83.9 Å². The molecule has 0 fully saturated rings. The highest BCUT2D eigenvalue weighted by atomic mass is 16.5. The molecule has 0 saturated heterocycles. The Morgan fingerprint density at radius 3 is 1.25 bits per heavy atom. The van der Waals surface area contributed by atoms with Gasteiger partial charge in [-0.15, -0.1) is 0 Å². The summed E-state index contributed by atoms with van der Waals surface area (Å²) in [5.74, 6) is 0. The molecule has 0 spiro atoms. The van der Waals surface area contributed by atoms with Crippen LogP contribution in [0.4, 0.5) is 0 Å². The first-order valence-corrected chi connectivity index (χ1v) is 8.58. The third-order valence-corrected chi connectivity index (χ3v) is 3.53. The first-order valence-electron chi connectivity index (χ1n) is 8.58. The summed E-state index contributed by atoms with van der Waals surface area (Å²) in [7, 11) is 3.34. The molecule has 0 heterocycles. The predicted molar refractivity (Wildman–Crippen MR) is 92.4 cm³/mol. The zero-order valence-electron chi connectivity index (χ0n) is 15.3. The van der Waals surface area contributed by atoms with Gasteiger partial charge in [-0.25, -0.2) is 0 Å². The number of rotatable bonds is 19. The molecule has 0 aromatic heterocycles. The van der Waals surface area contributed by atoms with Crippen molar-refractivity contribution in [3.05, 3.63) is 0 Å². The van der Waals surface area contributed by atoms with Gasteiger partial charge in [0.15, 0.2) is 0 Å². The minimum absolute atomic E-state index is 0.139. The molecule has 0 atom stereocenters. The maximum absolute atomic E-state index is 9.00. The molecule has 0 aromatic carbocycles. The zero-order valence-corrected chi connectivity index (χ0v) is 15.3. The van der Waals surface area contributed by atoms with Crippen LogP contribution in [0.25, 0.3) is 0 Å². The first kappa shape index (κ1) is 23.7. The lowest BCUT2D eigenvalue weighted by Crippen LogP contribution is -2.34. The molecule has 0 aliphatic heterocycles.